The average molecular weight is 420 g/mol. The van der Waals surface area contributed by atoms with Crippen LogP contribution in [0.2, 0.25) is 0 Å². The Labute approximate surface area is 171 Å². The minimum absolute atomic E-state index is 0.0204. The molecule has 0 saturated carbocycles. The zero-order valence-electron chi connectivity index (χ0n) is 16.5. The number of ether oxygens (including phenoxy) is 1. The molecular formula is C22H26FNO4S. The molecule has 0 spiro atoms. The van der Waals surface area contributed by atoms with Crippen LogP contribution in [-0.2, 0) is 16.4 Å². The summed E-state index contributed by atoms with van der Waals surface area (Å²) in [6.45, 7) is 2.65. The van der Waals surface area contributed by atoms with Crippen molar-refractivity contribution in [3.63, 3.8) is 0 Å². The van der Waals surface area contributed by atoms with Crippen LogP contribution >= 0.6 is 0 Å². The highest BCUT2D eigenvalue weighted by Gasteiger charge is 2.35. The number of halogens is 1. The lowest BCUT2D eigenvalue weighted by Crippen LogP contribution is -2.40. The summed E-state index contributed by atoms with van der Waals surface area (Å²) >= 11 is 0. The molecule has 0 N–H and O–H groups in total. The van der Waals surface area contributed by atoms with Crippen molar-refractivity contribution in [2.45, 2.75) is 38.8 Å². The second-order valence-electron chi connectivity index (χ2n) is 7.31. The molecule has 0 aromatic heterocycles. The number of carbonyl (C=O) groups is 1. The van der Waals surface area contributed by atoms with Crippen molar-refractivity contribution >= 4 is 15.7 Å². The first-order valence-electron chi connectivity index (χ1n) is 9.87. The summed E-state index contributed by atoms with van der Waals surface area (Å²) < 4.78 is 43.9. The van der Waals surface area contributed by atoms with Crippen LogP contribution in [0.15, 0.2) is 48.5 Å². The molecule has 2 aromatic carbocycles. The Kier molecular flexibility index (Phi) is 6.90. The van der Waals surface area contributed by atoms with Gasteiger partial charge in [0.25, 0.3) is 5.91 Å². The van der Waals surface area contributed by atoms with Gasteiger partial charge in [0.2, 0.25) is 0 Å². The molecular weight excluding hydrogens is 393 g/mol. The van der Waals surface area contributed by atoms with Gasteiger partial charge in [-0.2, -0.15) is 0 Å². The van der Waals surface area contributed by atoms with Gasteiger partial charge in [-0.1, -0.05) is 37.6 Å². The van der Waals surface area contributed by atoms with Crippen LogP contribution < -0.4 is 4.74 Å². The number of nitrogens with zero attached hydrogens (tertiary/aromatic N) is 1. The van der Waals surface area contributed by atoms with Gasteiger partial charge in [0.05, 0.1) is 18.1 Å². The van der Waals surface area contributed by atoms with Gasteiger partial charge in [-0.15, -0.1) is 0 Å². The van der Waals surface area contributed by atoms with Gasteiger partial charge in [0.15, 0.2) is 9.84 Å². The van der Waals surface area contributed by atoms with Gasteiger partial charge in [0.1, 0.15) is 11.6 Å². The number of carbonyl (C=O) groups excluding carboxylic acids is 1. The lowest BCUT2D eigenvalue weighted by Gasteiger charge is -2.29. The van der Waals surface area contributed by atoms with Gasteiger partial charge in [-0.25, -0.2) is 12.8 Å². The van der Waals surface area contributed by atoms with E-state index in [4.69, 9.17) is 4.74 Å². The fraction of sp³-hybridized carbons (Fsp3) is 0.409. The number of unbranched alkanes of at least 4 members (excludes halogenated alkanes) is 1. The van der Waals surface area contributed by atoms with Gasteiger partial charge >= 0.3 is 0 Å². The van der Waals surface area contributed by atoms with E-state index in [1.54, 1.807) is 42.5 Å². The molecule has 156 valence electrons. The minimum atomic E-state index is -3.19. The molecule has 1 aliphatic rings. The summed E-state index contributed by atoms with van der Waals surface area (Å²) in [6.07, 6.45) is 2.28. The molecule has 0 aliphatic carbocycles. The van der Waals surface area contributed by atoms with Gasteiger partial charge in [0, 0.05) is 23.7 Å². The molecule has 1 heterocycles. The maximum Gasteiger partial charge on any atom is 0.254 e. The molecule has 29 heavy (non-hydrogen) atoms. The summed E-state index contributed by atoms with van der Waals surface area (Å²) in [4.78, 5) is 14.8. The smallest absolute Gasteiger partial charge is 0.254 e. The third-order valence-electron chi connectivity index (χ3n) is 5.06. The molecule has 2 aromatic rings. The number of sulfone groups is 1. The average Bonchev–Trinajstić information content (AvgIpc) is 3.07. The Morgan fingerprint density at radius 3 is 2.69 bits per heavy atom. The van der Waals surface area contributed by atoms with Gasteiger partial charge in [-0.05, 0) is 37.1 Å². The monoisotopic (exact) mass is 419 g/mol. The van der Waals surface area contributed by atoms with Crippen LogP contribution in [0.4, 0.5) is 4.39 Å². The zero-order chi connectivity index (χ0) is 20.9. The van der Waals surface area contributed by atoms with Crippen molar-refractivity contribution in [3.05, 3.63) is 65.5 Å². The van der Waals surface area contributed by atoms with E-state index < -0.39 is 21.7 Å². The minimum Gasteiger partial charge on any atom is -0.494 e. The molecule has 5 nitrogen and oxygen atoms in total. The highest BCUT2D eigenvalue weighted by atomic mass is 32.2. The summed E-state index contributed by atoms with van der Waals surface area (Å²) in [5, 5.41) is 0. The van der Waals surface area contributed by atoms with E-state index in [2.05, 4.69) is 6.92 Å². The first kappa shape index (κ1) is 21.3. The van der Waals surface area contributed by atoms with E-state index in [1.807, 2.05) is 0 Å². The van der Waals surface area contributed by atoms with Crippen LogP contribution in [0, 0.1) is 5.82 Å². The zero-order valence-corrected chi connectivity index (χ0v) is 17.3. The molecule has 1 atom stereocenters. The van der Waals surface area contributed by atoms with E-state index in [9.17, 15) is 17.6 Å². The first-order chi connectivity index (χ1) is 13.9. The Balaban J connectivity index is 1.86. The number of hydrogen-bond donors (Lipinski definition) is 0. The second kappa shape index (κ2) is 9.39. The maximum atomic E-state index is 14.2. The van der Waals surface area contributed by atoms with Crippen molar-refractivity contribution in [3.8, 4) is 5.75 Å². The summed E-state index contributed by atoms with van der Waals surface area (Å²) in [5.74, 6) is -0.202. The Morgan fingerprint density at radius 1 is 1.21 bits per heavy atom. The first-order valence-corrected chi connectivity index (χ1v) is 11.7. The molecule has 3 rings (SSSR count). The SMILES string of the molecule is CCCCOc1cccc(C(=O)N(Cc2ccccc2F)[C@@H]2CCS(=O)(=O)C2)c1. The quantitative estimate of drug-likeness (QED) is 0.610. The lowest BCUT2D eigenvalue weighted by atomic mass is 10.1. The van der Waals surface area contributed by atoms with E-state index in [0.29, 0.717) is 29.9 Å². The molecule has 1 saturated heterocycles. The highest BCUT2D eigenvalue weighted by Crippen LogP contribution is 2.24. The van der Waals surface area contributed by atoms with E-state index in [-0.39, 0.29) is 24.0 Å². The van der Waals surface area contributed by atoms with Crippen LogP contribution in [-0.4, -0.2) is 43.4 Å². The number of amides is 1. The standard InChI is InChI=1S/C22H26FNO4S/c1-2-3-12-28-20-9-6-8-17(14-20)22(25)24(19-11-13-29(26,27)16-19)15-18-7-4-5-10-21(18)23/h4-10,14,19H,2-3,11-13,15-16H2,1H3/t19-/m1/s1. The number of rotatable bonds is 8. The summed E-state index contributed by atoms with van der Waals surface area (Å²) in [7, 11) is -3.19. The highest BCUT2D eigenvalue weighted by molar-refractivity contribution is 7.91. The van der Waals surface area contributed by atoms with Crippen LogP contribution in [0.1, 0.15) is 42.1 Å². The third-order valence-corrected chi connectivity index (χ3v) is 6.81. The predicted molar refractivity (Wildman–Crippen MR) is 110 cm³/mol. The molecule has 0 bridgehead atoms. The van der Waals surface area contributed by atoms with E-state index in [1.165, 1.54) is 11.0 Å². The van der Waals surface area contributed by atoms with E-state index >= 15 is 0 Å². The van der Waals surface area contributed by atoms with Crippen molar-refractivity contribution in [1.29, 1.82) is 0 Å². The van der Waals surface area contributed by atoms with Gasteiger partial charge < -0.3 is 9.64 Å². The van der Waals surface area contributed by atoms with Crippen LogP contribution in [0.25, 0.3) is 0 Å². The maximum absolute atomic E-state index is 14.2. The number of benzene rings is 2. The fourth-order valence-electron chi connectivity index (χ4n) is 3.42. The predicted octanol–water partition coefficient (Wildman–Crippen LogP) is 3.83. The largest absolute Gasteiger partial charge is 0.494 e. The van der Waals surface area contributed by atoms with E-state index in [0.717, 1.165) is 12.8 Å². The van der Waals surface area contributed by atoms with Crippen LogP contribution in [0.5, 0.6) is 5.75 Å². The second-order valence-corrected chi connectivity index (χ2v) is 9.54. The molecule has 0 unspecified atom stereocenters. The summed E-state index contributed by atoms with van der Waals surface area (Å²) in [5.41, 5.74) is 0.764. The Hall–Kier alpha value is -2.41. The van der Waals surface area contributed by atoms with Crippen molar-refractivity contribution < 1.29 is 22.3 Å². The Morgan fingerprint density at radius 2 is 2.00 bits per heavy atom. The topological polar surface area (TPSA) is 63.7 Å². The van der Waals surface area contributed by atoms with Crippen LogP contribution in [0.3, 0.4) is 0 Å². The normalized spacial score (nSPS) is 17.8. The molecule has 7 heteroatoms. The lowest BCUT2D eigenvalue weighted by molar-refractivity contribution is 0.0678. The molecule has 0 radical (unpaired) electrons. The molecule has 1 aliphatic heterocycles. The van der Waals surface area contributed by atoms with Crippen molar-refractivity contribution in [2.24, 2.45) is 0 Å². The fourth-order valence-corrected chi connectivity index (χ4v) is 5.15. The number of hydrogen-bond acceptors (Lipinski definition) is 4. The van der Waals surface area contributed by atoms with Crippen molar-refractivity contribution in [1.82, 2.24) is 4.90 Å². The third kappa shape index (κ3) is 5.56. The Bertz CT molecular complexity index is 961. The van der Waals surface area contributed by atoms with Gasteiger partial charge in [-0.3, -0.25) is 4.79 Å². The van der Waals surface area contributed by atoms with Crippen molar-refractivity contribution in [2.75, 3.05) is 18.1 Å². The molecule has 1 amide bonds. The molecule has 1 fully saturated rings. The summed E-state index contributed by atoms with van der Waals surface area (Å²) in [6, 6.07) is 12.6.